The summed E-state index contributed by atoms with van der Waals surface area (Å²) in [5, 5.41) is 14.3. The van der Waals surface area contributed by atoms with Crippen LogP contribution in [0.2, 0.25) is 0 Å². The molecule has 1 aliphatic heterocycles. The van der Waals surface area contributed by atoms with Crippen LogP contribution < -0.4 is 15.0 Å². The number of ether oxygens (including phenoxy) is 1. The van der Waals surface area contributed by atoms with Gasteiger partial charge in [-0.25, -0.2) is 4.98 Å². The molecule has 4 rings (SSSR count). The Balaban J connectivity index is 1.45. The molecule has 3 aromatic rings. The molecule has 1 aliphatic rings. The van der Waals surface area contributed by atoms with E-state index in [0.717, 1.165) is 47.9 Å². The number of hydrogen-bond acceptors (Lipinski definition) is 7. The quantitative estimate of drug-likeness (QED) is 0.691. The number of piperidine rings is 1. The van der Waals surface area contributed by atoms with Crippen molar-refractivity contribution in [1.82, 2.24) is 15.2 Å². The van der Waals surface area contributed by atoms with E-state index >= 15 is 0 Å². The number of aryl methyl sites for hydroxylation is 1. The largest absolute Gasteiger partial charge is 0.496 e. The minimum absolute atomic E-state index is 0.0163. The monoisotopic (exact) mass is 409 g/mol. The van der Waals surface area contributed by atoms with Gasteiger partial charge in [-0.3, -0.25) is 4.79 Å². The third kappa shape index (κ3) is 4.37. The van der Waals surface area contributed by atoms with E-state index in [-0.39, 0.29) is 11.8 Å². The fourth-order valence-electron chi connectivity index (χ4n) is 3.51. The SMILES string of the molecule is COc1ccccc1-c1ccc(N2CCC[C@H](C(=O)Nc3nc(C)cs3)C2)nn1. The van der Waals surface area contributed by atoms with Crippen molar-refractivity contribution >= 4 is 28.2 Å². The first-order valence-electron chi connectivity index (χ1n) is 9.59. The van der Waals surface area contributed by atoms with Crippen LogP contribution in [-0.2, 0) is 4.79 Å². The van der Waals surface area contributed by atoms with Crippen LogP contribution in [0.5, 0.6) is 5.75 Å². The van der Waals surface area contributed by atoms with E-state index in [0.29, 0.717) is 11.7 Å². The van der Waals surface area contributed by atoms with E-state index < -0.39 is 0 Å². The molecule has 7 nitrogen and oxygen atoms in total. The van der Waals surface area contributed by atoms with Crippen LogP contribution in [0.15, 0.2) is 41.8 Å². The molecule has 0 aliphatic carbocycles. The van der Waals surface area contributed by atoms with E-state index in [2.05, 4.69) is 25.4 Å². The molecule has 0 radical (unpaired) electrons. The summed E-state index contributed by atoms with van der Waals surface area (Å²) in [6.07, 6.45) is 1.80. The normalized spacial score (nSPS) is 16.5. The Morgan fingerprint density at radius 1 is 1.24 bits per heavy atom. The van der Waals surface area contributed by atoms with Gasteiger partial charge in [0.25, 0.3) is 0 Å². The van der Waals surface area contributed by atoms with Crippen molar-refractivity contribution in [3.63, 3.8) is 0 Å². The van der Waals surface area contributed by atoms with Gasteiger partial charge in [0.05, 0.1) is 24.4 Å². The summed E-state index contributed by atoms with van der Waals surface area (Å²) in [6, 6.07) is 11.6. The summed E-state index contributed by atoms with van der Waals surface area (Å²) < 4.78 is 5.41. The summed E-state index contributed by atoms with van der Waals surface area (Å²) in [6.45, 7) is 3.41. The second-order valence-electron chi connectivity index (χ2n) is 7.05. The number of para-hydroxylation sites is 1. The van der Waals surface area contributed by atoms with Gasteiger partial charge >= 0.3 is 0 Å². The number of methoxy groups -OCH3 is 1. The third-order valence-electron chi connectivity index (χ3n) is 5.00. The van der Waals surface area contributed by atoms with Crippen molar-refractivity contribution in [1.29, 1.82) is 0 Å². The first-order valence-corrected chi connectivity index (χ1v) is 10.5. The van der Waals surface area contributed by atoms with Gasteiger partial charge in [-0.1, -0.05) is 12.1 Å². The number of amides is 1. The number of carbonyl (C=O) groups is 1. The molecular formula is C21H23N5O2S. The van der Waals surface area contributed by atoms with Gasteiger partial charge < -0.3 is 15.0 Å². The van der Waals surface area contributed by atoms with Gasteiger partial charge in [-0.05, 0) is 44.0 Å². The summed E-state index contributed by atoms with van der Waals surface area (Å²) in [5.74, 6) is 1.47. The molecule has 2 aromatic heterocycles. The van der Waals surface area contributed by atoms with Crippen LogP contribution in [-0.4, -0.2) is 41.3 Å². The Morgan fingerprint density at radius 3 is 2.83 bits per heavy atom. The maximum Gasteiger partial charge on any atom is 0.231 e. The van der Waals surface area contributed by atoms with Crippen LogP contribution >= 0.6 is 11.3 Å². The molecule has 29 heavy (non-hydrogen) atoms. The molecule has 8 heteroatoms. The fraction of sp³-hybridized carbons (Fsp3) is 0.333. The van der Waals surface area contributed by atoms with Crippen molar-refractivity contribution in [2.75, 3.05) is 30.4 Å². The van der Waals surface area contributed by atoms with Gasteiger partial charge in [0.1, 0.15) is 5.75 Å². The molecule has 150 valence electrons. The van der Waals surface area contributed by atoms with Crippen LogP contribution in [0, 0.1) is 12.8 Å². The zero-order chi connectivity index (χ0) is 20.2. The van der Waals surface area contributed by atoms with E-state index in [1.807, 2.05) is 48.7 Å². The number of nitrogens with zero attached hydrogens (tertiary/aromatic N) is 4. The Kier molecular flexibility index (Phi) is 5.71. The number of thiazole rings is 1. The highest BCUT2D eigenvalue weighted by Crippen LogP contribution is 2.29. The predicted molar refractivity (Wildman–Crippen MR) is 114 cm³/mol. The first kappa shape index (κ1) is 19.3. The summed E-state index contributed by atoms with van der Waals surface area (Å²) in [5.41, 5.74) is 2.58. The predicted octanol–water partition coefficient (Wildman–Crippen LogP) is 3.77. The second-order valence-corrected chi connectivity index (χ2v) is 7.90. The van der Waals surface area contributed by atoms with Gasteiger partial charge in [0.15, 0.2) is 10.9 Å². The van der Waals surface area contributed by atoms with E-state index in [4.69, 9.17) is 4.74 Å². The minimum Gasteiger partial charge on any atom is -0.496 e. The smallest absolute Gasteiger partial charge is 0.231 e. The molecule has 0 unspecified atom stereocenters. The Bertz CT molecular complexity index is 989. The molecule has 1 aromatic carbocycles. The third-order valence-corrected chi connectivity index (χ3v) is 5.87. The van der Waals surface area contributed by atoms with Crippen molar-refractivity contribution in [3.05, 3.63) is 47.5 Å². The Morgan fingerprint density at radius 2 is 2.10 bits per heavy atom. The Hall–Kier alpha value is -3.00. The summed E-state index contributed by atoms with van der Waals surface area (Å²) in [7, 11) is 1.65. The Labute approximate surface area is 173 Å². The van der Waals surface area contributed by atoms with Crippen molar-refractivity contribution in [2.24, 2.45) is 5.92 Å². The lowest BCUT2D eigenvalue weighted by Crippen LogP contribution is -2.41. The highest BCUT2D eigenvalue weighted by Gasteiger charge is 2.27. The average Bonchev–Trinajstić information content (AvgIpc) is 3.18. The van der Waals surface area contributed by atoms with Gasteiger partial charge in [-0.15, -0.1) is 21.5 Å². The summed E-state index contributed by atoms with van der Waals surface area (Å²) in [4.78, 5) is 19.1. The van der Waals surface area contributed by atoms with Crippen LogP contribution in [0.1, 0.15) is 18.5 Å². The number of rotatable bonds is 5. The maximum absolute atomic E-state index is 12.6. The van der Waals surface area contributed by atoms with Crippen molar-refractivity contribution in [2.45, 2.75) is 19.8 Å². The first-order chi connectivity index (χ1) is 14.1. The molecule has 1 N–H and O–H groups in total. The lowest BCUT2D eigenvalue weighted by molar-refractivity contribution is -0.120. The molecule has 0 spiro atoms. The molecule has 0 bridgehead atoms. The number of nitrogens with one attached hydrogen (secondary N) is 1. The summed E-state index contributed by atoms with van der Waals surface area (Å²) >= 11 is 1.45. The lowest BCUT2D eigenvalue weighted by atomic mass is 9.97. The second kappa shape index (κ2) is 8.57. The highest BCUT2D eigenvalue weighted by atomic mass is 32.1. The molecule has 0 saturated carbocycles. The molecule has 1 amide bonds. The highest BCUT2D eigenvalue weighted by molar-refractivity contribution is 7.13. The zero-order valence-electron chi connectivity index (χ0n) is 16.5. The average molecular weight is 410 g/mol. The topological polar surface area (TPSA) is 80.2 Å². The van der Waals surface area contributed by atoms with Gasteiger partial charge in [0.2, 0.25) is 5.91 Å². The number of anilines is 2. The maximum atomic E-state index is 12.6. The number of aromatic nitrogens is 3. The minimum atomic E-state index is -0.0938. The van der Waals surface area contributed by atoms with E-state index in [9.17, 15) is 4.79 Å². The lowest BCUT2D eigenvalue weighted by Gasteiger charge is -2.32. The van der Waals surface area contributed by atoms with Crippen LogP contribution in [0.4, 0.5) is 10.9 Å². The van der Waals surface area contributed by atoms with Crippen molar-refractivity contribution < 1.29 is 9.53 Å². The molecule has 1 fully saturated rings. The van der Waals surface area contributed by atoms with Crippen LogP contribution in [0.25, 0.3) is 11.3 Å². The van der Waals surface area contributed by atoms with Crippen molar-refractivity contribution in [3.8, 4) is 17.0 Å². The van der Waals surface area contributed by atoms with Crippen LogP contribution in [0.3, 0.4) is 0 Å². The number of benzene rings is 1. The van der Waals surface area contributed by atoms with E-state index in [1.165, 1.54) is 11.3 Å². The fourth-order valence-corrected chi connectivity index (χ4v) is 4.20. The standard InChI is InChI=1S/C21H23N5O2S/c1-14-13-29-21(22-14)23-20(27)15-6-5-11-26(12-15)19-10-9-17(24-25-19)16-7-3-4-8-18(16)28-2/h3-4,7-10,13,15H,5-6,11-12H2,1-2H3,(H,22,23,27)/t15-/m0/s1. The zero-order valence-corrected chi connectivity index (χ0v) is 17.3. The molecule has 3 heterocycles. The van der Waals surface area contributed by atoms with Gasteiger partial charge in [-0.2, -0.15) is 0 Å². The number of carbonyl (C=O) groups excluding carboxylic acids is 1. The number of hydrogen-bond donors (Lipinski definition) is 1. The van der Waals surface area contributed by atoms with Gasteiger partial charge in [0, 0.05) is 24.0 Å². The molecule has 1 saturated heterocycles. The molecule has 1 atom stereocenters. The molecular weight excluding hydrogens is 386 g/mol. The van der Waals surface area contributed by atoms with E-state index in [1.54, 1.807) is 7.11 Å².